The van der Waals surface area contributed by atoms with E-state index in [0.717, 1.165) is 12.2 Å². The van der Waals surface area contributed by atoms with E-state index in [9.17, 15) is 29.6 Å². The summed E-state index contributed by atoms with van der Waals surface area (Å²) in [6, 6.07) is 9.13. The summed E-state index contributed by atoms with van der Waals surface area (Å²) in [7, 11) is 1.36. The molecule has 0 saturated heterocycles. The summed E-state index contributed by atoms with van der Waals surface area (Å²) < 4.78 is 9.67. The number of nitro benzene ring substituents is 1. The molecule has 2 aromatic rings. The van der Waals surface area contributed by atoms with Crippen molar-refractivity contribution in [1.29, 1.82) is 0 Å². The number of carboxylic acids is 1. The number of benzene rings is 2. The molecular weight excluding hydrogens is 398 g/mol. The fourth-order valence-corrected chi connectivity index (χ4v) is 2.44. The van der Waals surface area contributed by atoms with Gasteiger partial charge in [0.05, 0.1) is 30.1 Å². The predicted molar refractivity (Wildman–Crippen MR) is 102 cm³/mol. The van der Waals surface area contributed by atoms with Crippen molar-refractivity contribution in [3.8, 4) is 5.75 Å². The van der Waals surface area contributed by atoms with Crippen molar-refractivity contribution in [3.63, 3.8) is 0 Å². The molecule has 0 fully saturated rings. The van der Waals surface area contributed by atoms with Crippen LogP contribution in [0.5, 0.6) is 5.75 Å². The Morgan fingerprint density at radius 3 is 2.40 bits per heavy atom. The van der Waals surface area contributed by atoms with E-state index in [1.807, 2.05) is 0 Å². The highest BCUT2D eigenvalue weighted by Crippen LogP contribution is 2.21. The summed E-state index contributed by atoms with van der Waals surface area (Å²) in [5, 5.41) is 29.6. The number of aliphatic hydroxyl groups excluding tert-OH is 1. The largest absolute Gasteiger partial charge is 0.497 e. The van der Waals surface area contributed by atoms with Gasteiger partial charge in [0.15, 0.2) is 0 Å². The lowest BCUT2D eigenvalue weighted by Gasteiger charge is -2.09. The fourth-order valence-electron chi connectivity index (χ4n) is 2.44. The number of non-ortho nitro benzene ring substituents is 1. The summed E-state index contributed by atoms with van der Waals surface area (Å²) in [6.07, 6.45) is 0.131. The van der Waals surface area contributed by atoms with E-state index in [2.05, 4.69) is 4.74 Å². The smallest absolute Gasteiger partial charge is 0.346 e. The van der Waals surface area contributed by atoms with Gasteiger partial charge in [-0.2, -0.15) is 0 Å². The minimum atomic E-state index is -1.27. The summed E-state index contributed by atoms with van der Waals surface area (Å²) in [5.41, 5.74) is 0.119. The maximum atomic E-state index is 12.3. The molecule has 0 aliphatic rings. The van der Waals surface area contributed by atoms with Crippen LogP contribution in [0.2, 0.25) is 0 Å². The van der Waals surface area contributed by atoms with Gasteiger partial charge >= 0.3 is 17.9 Å². The summed E-state index contributed by atoms with van der Waals surface area (Å²) in [6.45, 7) is 0. The number of carbonyl (C=O) groups excluding carboxylic acids is 2. The van der Waals surface area contributed by atoms with Crippen molar-refractivity contribution in [2.24, 2.45) is 0 Å². The molecule has 0 heterocycles. The Balaban J connectivity index is 2.09. The van der Waals surface area contributed by atoms with Gasteiger partial charge in [0, 0.05) is 18.2 Å². The van der Waals surface area contributed by atoms with Gasteiger partial charge in [-0.1, -0.05) is 6.07 Å². The highest BCUT2D eigenvalue weighted by molar-refractivity contribution is 6.01. The number of hydrogen-bond donors (Lipinski definition) is 2. The number of nitro groups is 1. The first-order valence-corrected chi connectivity index (χ1v) is 8.46. The van der Waals surface area contributed by atoms with Crippen molar-refractivity contribution < 1.29 is 39.0 Å². The lowest BCUT2D eigenvalue weighted by Crippen LogP contribution is -2.14. The molecule has 0 radical (unpaired) electrons. The first kappa shape index (κ1) is 22.2. The number of nitrogens with zero attached hydrogens (tertiary/aromatic N) is 1. The normalized spacial score (nSPS) is 11.7. The Morgan fingerprint density at radius 1 is 1.17 bits per heavy atom. The van der Waals surface area contributed by atoms with Gasteiger partial charge in [-0.15, -0.1) is 0 Å². The molecule has 1 atom stereocenters. The second-order valence-corrected chi connectivity index (χ2v) is 5.95. The van der Waals surface area contributed by atoms with E-state index in [0.29, 0.717) is 0 Å². The highest BCUT2D eigenvalue weighted by atomic mass is 16.6. The molecule has 0 aliphatic carbocycles. The SMILES string of the molecule is COc1ccc(CC(=O)O)c(C(=O)OC(=O)/C=C/C(O)c2ccc([N+](=O)[O-])cc2)c1. The van der Waals surface area contributed by atoms with E-state index in [4.69, 9.17) is 9.84 Å². The molecule has 1 unspecified atom stereocenters. The first-order valence-electron chi connectivity index (χ1n) is 8.46. The topological polar surface area (TPSA) is 153 Å². The Kier molecular flexibility index (Phi) is 7.37. The number of methoxy groups -OCH3 is 1. The standard InChI is InChI=1S/C20H17NO9/c1-29-15-7-4-13(10-18(23)24)16(11-15)20(26)30-19(25)9-8-17(22)12-2-5-14(6-3-12)21(27)28/h2-9,11,17,22H,10H2,1H3,(H,23,24)/b9-8+. The van der Waals surface area contributed by atoms with E-state index in [-0.39, 0.29) is 28.1 Å². The van der Waals surface area contributed by atoms with Crippen LogP contribution in [0.25, 0.3) is 0 Å². The summed E-state index contributed by atoms with van der Waals surface area (Å²) >= 11 is 0. The van der Waals surface area contributed by atoms with Crippen molar-refractivity contribution in [3.05, 3.63) is 81.4 Å². The number of rotatable bonds is 8. The zero-order valence-corrected chi connectivity index (χ0v) is 15.7. The van der Waals surface area contributed by atoms with Crippen LogP contribution in [-0.2, 0) is 20.7 Å². The average Bonchev–Trinajstić information content (AvgIpc) is 2.71. The minimum absolute atomic E-state index is 0.135. The maximum absolute atomic E-state index is 12.3. The number of carbonyl (C=O) groups is 3. The third kappa shape index (κ3) is 5.97. The molecule has 2 aromatic carbocycles. The Bertz CT molecular complexity index is 996. The van der Waals surface area contributed by atoms with E-state index < -0.39 is 35.4 Å². The third-order valence-electron chi connectivity index (χ3n) is 3.93. The van der Waals surface area contributed by atoms with Gasteiger partial charge in [-0.25, -0.2) is 9.59 Å². The van der Waals surface area contributed by atoms with Crippen molar-refractivity contribution in [2.75, 3.05) is 7.11 Å². The molecule has 2 N–H and O–H groups in total. The van der Waals surface area contributed by atoms with Crippen molar-refractivity contribution in [1.82, 2.24) is 0 Å². The minimum Gasteiger partial charge on any atom is -0.497 e. The summed E-state index contributed by atoms with van der Waals surface area (Å²) in [5.74, 6) is -3.07. The molecule has 10 heteroatoms. The van der Waals surface area contributed by atoms with Crippen LogP contribution >= 0.6 is 0 Å². The number of hydrogen-bond acceptors (Lipinski definition) is 8. The van der Waals surface area contributed by atoms with Crippen molar-refractivity contribution >= 4 is 23.6 Å². The first-order chi connectivity index (χ1) is 14.2. The third-order valence-corrected chi connectivity index (χ3v) is 3.93. The average molecular weight is 415 g/mol. The Hall–Kier alpha value is -4.05. The van der Waals surface area contributed by atoms with Gasteiger partial charge in [-0.05, 0) is 41.5 Å². The van der Waals surface area contributed by atoms with E-state index >= 15 is 0 Å². The monoisotopic (exact) mass is 415 g/mol. The van der Waals surface area contributed by atoms with E-state index in [1.54, 1.807) is 0 Å². The Labute approximate surface area is 170 Å². The van der Waals surface area contributed by atoms with Crippen LogP contribution in [0, 0.1) is 10.1 Å². The second kappa shape index (κ2) is 9.94. The molecular formula is C20H17NO9. The molecule has 2 rings (SSSR count). The fraction of sp³-hybridized carbons (Fsp3) is 0.150. The number of carboxylic acid groups (broad SMARTS) is 1. The van der Waals surface area contributed by atoms with Crippen LogP contribution in [0.15, 0.2) is 54.6 Å². The van der Waals surface area contributed by atoms with Crippen LogP contribution in [-0.4, -0.2) is 40.2 Å². The lowest BCUT2D eigenvalue weighted by atomic mass is 10.0. The molecule has 10 nitrogen and oxygen atoms in total. The molecule has 0 bridgehead atoms. The van der Waals surface area contributed by atoms with Gasteiger partial charge in [0.1, 0.15) is 5.75 Å². The number of ether oxygens (including phenoxy) is 2. The van der Waals surface area contributed by atoms with E-state index in [1.165, 1.54) is 49.6 Å². The number of aliphatic carboxylic acids is 1. The molecule has 30 heavy (non-hydrogen) atoms. The molecule has 0 spiro atoms. The quantitative estimate of drug-likeness (QED) is 0.217. The van der Waals surface area contributed by atoms with Crippen LogP contribution < -0.4 is 4.74 Å². The molecule has 0 aliphatic heterocycles. The van der Waals surface area contributed by atoms with Gasteiger partial charge < -0.3 is 19.7 Å². The van der Waals surface area contributed by atoms with Crippen LogP contribution in [0.3, 0.4) is 0 Å². The zero-order valence-electron chi connectivity index (χ0n) is 15.7. The zero-order chi connectivity index (χ0) is 22.3. The predicted octanol–water partition coefficient (Wildman–Crippen LogP) is 2.20. The second-order valence-electron chi connectivity index (χ2n) is 5.95. The van der Waals surface area contributed by atoms with Crippen molar-refractivity contribution in [2.45, 2.75) is 12.5 Å². The number of esters is 2. The highest BCUT2D eigenvalue weighted by Gasteiger charge is 2.19. The lowest BCUT2D eigenvalue weighted by molar-refractivity contribution is -0.384. The Morgan fingerprint density at radius 2 is 1.83 bits per heavy atom. The van der Waals surface area contributed by atoms with Gasteiger partial charge in [-0.3, -0.25) is 14.9 Å². The molecule has 156 valence electrons. The van der Waals surface area contributed by atoms with Crippen LogP contribution in [0.4, 0.5) is 5.69 Å². The molecule has 0 saturated carbocycles. The number of aliphatic hydroxyl groups is 1. The van der Waals surface area contributed by atoms with Gasteiger partial charge in [0.25, 0.3) is 5.69 Å². The van der Waals surface area contributed by atoms with Gasteiger partial charge in [0.2, 0.25) is 0 Å². The maximum Gasteiger partial charge on any atom is 0.346 e. The molecule has 0 amide bonds. The summed E-state index contributed by atoms with van der Waals surface area (Å²) in [4.78, 5) is 45.2. The molecule has 0 aromatic heterocycles. The van der Waals surface area contributed by atoms with Crippen LogP contribution in [0.1, 0.15) is 27.6 Å².